The number of hydrogen-bond acceptors (Lipinski definition) is 1. The molecule has 0 aromatic heterocycles. The highest BCUT2D eigenvalue weighted by molar-refractivity contribution is 4.76. The first-order chi connectivity index (χ1) is 6.59. The van der Waals surface area contributed by atoms with Gasteiger partial charge in [0.05, 0.1) is 0 Å². The second kappa shape index (κ2) is 5.75. The van der Waals surface area contributed by atoms with Gasteiger partial charge in [0.15, 0.2) is 0 Å². The molecule has 1 rings (SSSR count). The van der Waals surface area contributed by atoms with Crippen LogP contribution < -0.4 is 5.32 Å². The molecule has 1 N–H and O–H groups in total. The highest BCUT2D eigenvalue weighted by atomic mass is 14.9. The first-order valence-electron chi connectivity index (χ1n) is 6.33. The topological polar surface area (TPSA) is 12.0 Å². The maximum Gasteiger partial charge on any atom is 0.00104 e. The van der Waals surface area contributed by atoms with Crippen molar-refractivity contribution >= 4 is 0 Å². The van der Waals surface area contributed by atoms with E-state index in [-0.39, 0.29) is 0 Å². The van der Waals surface area contributed by atoms with Crippen LogP contribution in [0.25, 0.3) is 0 Å². The molecule has 2 unspecified atom stereocenters. The van der Waals surface area contributed by atoms with Crippen molar-refractivity contribution in [3.8, 4) is 0 Å². The van der Waals surface area contributed by atoms with Crippen molar-refractivity contribution in [1.29, 1.82) is 0 Å². The molecule has 1 nitrogen and oxygen atoms in total. The number of nitrogens with one attached hydrogen (secondary N) is 1. The van der Waals surface area contributed by atoms with Gasteiger partial charge in [-0.15, -0.1) is 0 Å². The Bertz CT molecular complexity index is 151. The third-order valence-corrected chi connectivity index (χ3v) is 3.58. The molecular formula is C13H27N. The zero-order valence-electron chi connectivity index (χ0n) is 10.3. The van der Waals surface area contributed by atoms with Gasteiger partial charge >= 0.3 is 0 Å². The molecule has 0 saturated heterocycles. The summed E-state index contributed by atoms with van der Waals surface area (Å²) in [4.78, 5) is 0. The minimum Gasteiger partial charge on any atom is -0.314 e. The van der Waals surface area contributed by atoms with Crippen molar-refractivity contribution in [2.45, 2.75) is 59.4 Å². The summed E-state index contributed by atoms with van der Waals surface area (Å²) in [5.74, 6) is 2.82. The molecule has 0 heterocycles. The van der Waals surface area contributed by atoms with Crippen molar-refractivity contribution in [2.24, 2.45) is 17.8 Å². The summed E-state index contributed by atoms with van der Waals surface area (Å²) >= 11 is 0. The van der Waals surface area contributed by atoms with Crippen LogP contribution in [0.15, 0.2) is 0 Å². The SMILES string of the molecule is CC(C)NCC1CCCC(C(C)C)C1. The van der Waals surface area contributed by atoms with E-state index in [9.17, 15) is 0 Å². The molecule has 84 valence electrons. The summed E-state index contributed by atoms with van der Waals surface area (Å²) in [5, 5.41) is 3.57. The van der Waals surface area contributed by atoms with Gasteiger partial charge in [0.1, 0.15) is 0 Å². The predicted molar refractivity (Wildman–Crippen MR) is 63.4 cm³/mol. The molecule has 14 heavy (non-hydrogen) atoms. The van der Waals surface area contributed by atoms with Gasteiger partial charge < -0.3 is 5.32 Å². The maximum atomic E-state index is 3.57. The lowest BCUT2D eigenvalue weighted by molar-refractivity contribution is 0.208. The van der Waals surface area contributed by atoms with E-state index in [1.54, 1.807) is 0 Å². The van der Waals surface area contributed by atoms with Crippen LogP contribution in [0.2, 0.25) is 0 Å². The summed E-state index contributed by atoms with van der Waals surface area (Å²) in [5.41, 5.74) is 0. The normalized spacial score (nSPS) is 28.7. The molecule has 1 aliphatic carbocycles. The van der Waals surface area contributed by atoms with Crippen molar-refractivity contribution in [2.75, 3.05) is 6.54 Å². The van der Waals surface area contributed by atoms with E-state index in [0.717, 1.165) is 17.8 Å². The zero-order valence-corrected chi connectivity index (χ0v) is 10.3. The Kier molecular flexibility index (Phi) is 4.94. The zero-order chi connectivity index (χ0) is 10.6. The molecule has 2 atom stereocenters. The fourth-order valence-electron chi connectivity index (χ4n) is 2.53. The van der Waals surface area contributed by atoms with Crippen LogP contribution >= 0.6 is 0 Å². The molecule has 0 spiro atoms. The molecule has 0 radical (unpaired) electrons. The van der Waals surface area contributed by atoms with E-state index in [2.05, 4.69) is 33.0 Å². The van der Waals surface area contributed by atoms with Gasteiger partial charge in [0.25, 0.3) is 0 Å². The molecule has 1 fully saturated rings. The van der Waals surface area contributed by atoms with E-state index in [4.69, 9.17) is 0 Å². The monoisotopic (exact) mass is 197 g/mol. The summed E-state index contributed by atoms with van der Waals surface area (Å²) < 4.78 is 0. The van der Waals surface area contributed by atoms with Crippen molar-refractivity contribution < 1.29 is 0 Å². The fraction of sp³-hybridized carbons (Fsp3) is 1.00. The minimum absolute atomic E-state index is 0.648. The first kappa shape index (κ1) is 12.0. The van der Waals surface area contributed by atoms with E-state index in [1.165, 1.54) is 32.2 Å². The van der Waals surface area contributed by atoms with Gasteiger partial charge in [-0.3, -0.25) is 0 Å². The average molecular weight is 197 g/mol. The summed E-state index contributed by atoms with van der Waals surface area (Å²) in [6, 6.07) is 0.648. The van der Waals surface area contributed by atoms with Gasteiger partial charge in [0, 0.05) is 6.04 Å². The predicted octanol–water partition coefficient (Wildman–Crippen LogP) is 3.45. The lowest BCUT2D eigenvalue weighted by Crippen LogP contribution is -2.32. The van der Waals surface area contributed by atoms with Crippen LogP contribution in [0.5, 0.6) is 0 Å². The van der Waals surface area contributed by atoms with Crippen molar-refractivity contribution in [3.63, 3.8) is 0 Å². The van der Waals surface area contributed by atoms with E-state index < -0.39 is 0 Å². The van der Waals surface area contributed by atoms with Crippen LogP contribution in [-0.2, 0) is 0 Å². The fourth-order valence-corrected chi connectivity index (χ4v) is 2.53. The number of hydrogen-bond donors (Lipinski definition) is 1. The third-order valence-electron chi connectivity index (χ3n) is 3.58. The largest absolute Gasteiger partial charge is 0.314 e. The van der Waals surface area contributed by atoms with Gasteiger partial charge in [-0.25, -0.2) is 0 Å². The van der Waals surface area contributed by atoms with Crippen LogP contribution in [-0.4, -0.2) is 12.6 Å². The second-order valence-corrected chi connectivity index (χ2v) is 5.60. The van der Waals surface area contributed by atoms with E-state index in [1.807, 2.05) is 0 Å². The van der Waals surface area contributed by atoms with Gasteiger partial charge in [0.2, 0.25) is 0 Å². The Morgan fingerprint density at radius 3 is 2.43 bits per heavy atom. The highest BCUT2D eigenvalue weighted by Gasteiger charge is 2.23. The minimum atomic E-state index is 0.648. The average Bonchev–Trinajstić information content (AvgIpc) is 2.15. The lowest BCUT2D eigenvalue weighted by Gasteiger charge is -2.32. The Balaban J connectivity index is 2.25. The van der Waals surface area contributed by atoms with E-state index in [0.29, 0.717) is 6.04 Å². The molecule has 1 aliphatic rings. The Morgan fingerprint density at radius 2 is 1.86 bits per heavy atom. The molecule has 0 aliphatic heterocycles. The Hall–Kier alpha value is -0.0400. The summed E-state index contributed by atoms with van der Waals surface area (Å²) in [6.07, 6.45) is 5.82. The number of rotatable bonds is 4. The van der Waals surface area contributed by atoms with Gasteiger partial charge in [-0.1, -0.05) is 40.5 Å². The van der Waals surface area contributed by atoms with Crippen molar-refractivity contribution in [3.05, 3.63) is 0 Å². The maximum absolute atomic E-state index is 3.57. The molecule has 0 aromatic rings. The van der Waals surface area contributed by atoms with E-state index >= 15 is 0 Å². The molecule has 0 bridgehead atoms. The molecule has 0 amide bonds. The van der Waals surface area contributed by atoms with Crippen LogP contribution in [0, 0.1) is 17.8 Å². The smallest absolute Gasteiger partial charge is 0.00104 e. The third kappa shape index (κ3) is 4.00. The van der Waals surface area contributed by atoms with Gasteiger partial charge in [-0.2, -0.15) is 0 Å². The standard InChI is InChI=1S/C13H27N/c1-10(2)13-7-5-6-12(8-13)9-14-11(3)4/h10-14H,5-9H2,1-4H3. The first-order valence-corrected chi connectivity index (χ1v) is 6.33. The van der Waals surface area contributed by atoms with Crippen LogP contribution in [0.3, 0.4) is 0 Å². The molecule has 1 heteroatoms. The van der Waals surface area contributed by atoms with Gasteiger partial charge in [-0.05, 0) is 37.1 Å². The Labute approximate surface area is 89.7 Å². The molecule has 0 aromatic carbocycles. The summed E-state index contributed by atoms with van der Waals surface area (Å²) in [6.45, 7) is 10.5. The second-order valence-electron chi connectivity index (χ2n) is 5.60. The molecular weight excluding hydrogens is 170 g/mol. The quantitative estimate of drug-likeness (QED) is 0.728. The lowest BCUT2D eigenvalue weighted by atomic mass is 9.76. The van der Waals surface area contributed by atoms with Crippen LogP contribution in [0.1, 0.15) is 53.4 Å². The molecule has 1 saturated carbocycles. The van der Waals surface area contributed by atoms with Crippen molar-refractivity contribution in [1.82, 2.24) is 5.32 Å². The summed E-state index contributed by atoms with van der Waals surface area (Å²) in [7, 11) is 0. The Morgan fingerprint density at radius 1 is 1.14 bits per heavy atom. The van der Waals surface area contributed by atoms with Crippen LogP contribution in [0.4, 0.5) is 0 Å². The highest BCUT2D eigenvalue weighted by Crippen LogP contribution is 2.33.